The average molecular weight is 495 g/mol. The number of aliphatic hydroxyl groups excluding tert-OH is 1. The summed E-state index contributed by atoms with van der Waals surface area (Å²) in [5.74, 6) is 0.771. The molecule has 0 radical (unpaired) electrons. The van der Waals surface area contributed by atoms with Crippen LogP contribution in [-0.4, -0.2) is 80.3 Å². The molecule has 0 amide bonds. The van der Waals surface area contributed by atoms with E-state index >= 15 is 0 Å². The van der Waals surface area contributed by atoms with Crippen LogP contribution in [0.1, 0.15) is 26.5 Å². The van der Waals surface area contributed by atoms with E-state index in [1.165, 1.54) is 10.9 Å². The van der Waals surface area contributed by atoms with E-state index in [4.69, 9.17) is 35.8 Å². The van der Waals surface area contributed by atoms with Crippen LogP contribution in [-0.2, 0) is 33.3 Å². The average Bonchev–Trinajstić information content (AvgIpc) is 3.37. The highest BCUT2D eigenvalue weighted by molar-refractivity contribution is 5.81. The van der Waals surface area contributed by atoms with Crippen molar-refractivity contribution in [2.24, 2.45) is 0 Å². The molecule has 3 rings (SSSR count). The van der Waals surface area contributed by atoms with E-state index < -0.39 is 68.0 Å². The number of anilines is 1. The Balaban J connectivity index is 1.78. The summed E-state index contributed by atoms with van der Waals surface area (Å²) in [6.07, 6.45) is 0.953. The molecule has 15 heteroatoms. The third-order valence-corrected chi connectivity index (χ3v) is 4.94. The first-order valence-corrected chi connectivity index (χ1v) is 10.1. The quantitative estimate of drug-likeness (QED) is 0.213. The molecule has 0 bridgehead atoms. The number of nitrogens with two attached hydrogens (primary N) is 1. The van der Waals surface area contributed by atoms with Gasteiger partial charge in [0, 0.05) is 20.3 Å². The van der Waals surface area contributed by atoms with Crippen molar-refractivity contribution >= 4 is 35.1 Å². The summed E-state index contributed by atoms with van der Waals surface area (Å²) >= 11 is 0. The number of imidazole rings is 1. The van der Waals surface area contributed by atoms with Gasteiger partial charge >= 0.3 is 24.2 Å². The molecule has 0 aliphatic carbocycles. The van der Waals surface area contributed by atoms with Crippen molar-refractivity contribution in [1.29, 1.82) is 0 Å². The molecule has 1 saturated heterocycles. The van der Waals surface area contributed by atoms with Crippen LogP contribution in [0.2, 0.25) is 0 Å². The maximum atomic E-state index is 13.7. The van der Waals surface area contributed by atoms with Gasteiger partial charge in [0.2, 0.25) is 0 Å². The van der Waals surface area contributed by atoms with Crippen LogP contribution in [0, 0.1) is 18.4 Å². The van der Waals surface area contributed by atoms with Crippen LogP contribution in [0.15, 0.2) is 6.33 Å². The van der Waals surface area contributed by atoms with Gasteiger partial charge in [-0.2, -0.15) is 14.4 Å². The zero-order valence-corrected chi connectivity index (χ0v) is 18.7. The molecule has 3 N–H and O–H groups in total. The number of hydrogen-bond donors (Lipinski definition) is 2. The van der Waals surface area contributed by atoms with Crippen molar-refractivity contribution in [3.8, 4) is 12.3 Å². The third kappa shape index (κ3) is 5.73. The van der Waals surface area contributed by atoms with Crippen molar-refractivity contribution in [2.75, 3.05) is 25.6 Å². The molecule has 188 valence electrons. The maximum Gasteiger partial charge on any atom is 0.509 e. The molecule has 3 atom stereocenters. The van der Waals surface area contributed by atoms with Crippen LogP contribution in [0.25, 0.3) is 11.2 Å². The number of terminal acetylenes is 1. The molecular weight excluding hydrogens is 473 g/mol. The minimum Gasteiger partial charge on any atom is -0.462 e. The fraction of sp³-hybridized carbons (Fsp3) is 0.500. The standard InChI is InChI=1S/C20H22FN5O9/c1-4-20(8-27)13(34-19(30)33-12(6-31-10(2)28)7-32-11(3)29)5-14(35-20)26-9-23-15-16(22)24-18(21)25-17(15)26/h1,9,12-14,27H,5-8H2,2-3H3,(H2,22,24,25)/t13-,14+,20+/m0/s1. The molecule has 0 aromatic carbocycles. The molecule has 1 aliphatic heterocycles. The fourth-order valence-corrected chi connectivity index (χ4v) is 3.30. The van der Waals surface area contributed by atoms with Gasteiger partial charge in [0.05, 0.1) is 12.9 Å². The minimum absolute atomic E-state index is 0.00471. The smallest absolute Gasteiger partial charge is 0.462 e. The number of aliphatic hydroxyl groups is 1. The Labute approximate surface area is 197 Å². The molecule has 0 unspecified atom stereocenters. The second-order valence-corrected chi connectivity index (χ2v) is 7.40. The van der Waals surface area contributed by atoms with Gasteiger partial charge in [-0.3, -0.25) is 14.2 Å². The number of carbonyl (C=O) groups excluding carboxylic acids is 3. The number of rotatable bonds is 8. The van der Waals surface area contributed by atoms with E-state index in [1.807, 2.05) is 0 Å². The lowest BCUT2D eigenvalue weighted by Gasteiger charge is -2.27. The Kier molecular flexibility index (Phi) is 7.67. The van der Waals surface area contributed by atoms with E-state index in [1.54, 1.807) is 0 Å². The van der Waals surface area contributed by atoms with Crippen LogP contribution in [0.4, 0.5) is 15.0 Å². The van der Waals surface area contributed by atoms with Crippen molar-refractivity contribution in [1.82, 2.24) is 19.5 Å². The van der Waals surface area contributed by atoms with E-state index in [0.717, 1.165) is 13.8 Å². The Hall–Kier alpha value is -4.03. The lowest BCUT2D eigenvalue weighted by Crippen LogP contribution is -2.44. The summed E-state index contributed by atoms with van der Waals surface area (Å²) in [5.41, 5.74) is 3.98. The number of halogens is 1. The van der Waals surface area contributed by atoms with Gasteiger partial charge in [-0.25, -0.2) is 9.78 Å². The third-order valence-electron chi connectivity index (χ3n) is 4.94. The number of nitrogens with zero attached hydrogens (tertiary/aromatic N) is 4. The molecule has 0 saturated carbocycles. The van der Waals surface area contributed by atoms with E-state index in [-0.39, 0.29) is 23.4 Å². The Morgan fingerprint density at radius 3 is 2.57 bits per heavy atom. The number of nitrogen functional groups attached to an aromatic ring is 1. The van der Waals surface area contributed by atoms with Crippen molar-refractivity contribution in [2.45, 2.75) is 44.3 Å². The predicted molar refractivity (Wildman–Crippen MR) is 111 cm³/mol. The molecule has 14 nitrogen and oxygen atoms in total. The van der Waals surface area contributed by atoms with Crippen molar-refractivity contribution in [3.05, 3.63) is 12.4 Å². The molecular formula is C20H22FN5O9. The van der Waals surface area contributed by atoms with Gasteiger partial charge in [-0.1, -0.05) is 5.92 Å². The number of ether oxygens (including phenoxy) is 5. The molecule has 0 spiro atoms. The first kappa shape index (κ1) is 25.6. The van der Waals surface area contributed by atoms with Gasteiger partial charge in [0.25, 0.3) is 0 Å². The van der Waals surface area contributed by atoms with Crippen molar-refractivity contribution < 1.29 is 47.6 Å². The summed E-state index contributed by atoms with van der Waals surface area (Å²) < 4.78 is 40.8. The molecule has 35 heavy (non-hydrogen) atoms. The highest BCUT2D eigenvalue weighted by atomic mass is 19.1. The zero-order chi connectivity index (χ0) is 25.8. The molecule has 1 aliphatic rings. The van der Waals surface area contributed by atoms with E-state index in [9.17, 15) is 23.9 Å². The Bertz CT molecular complexity index is 1150. The monoisotopic (exact) mass is 495 g/mol. The van der Waals surface area contributed by atoms with Crippen LogP contribution in [0.3, 0.4) is 0 Å². The molecule has 1 fully saturated rings. The van der Waals surface area contributed by atoms with E-state index in [2.05, 4.69) is 20.9 Å². The second-order valence-electron chi connectivity index (χ2n) is 7.40. The van der Waals surface area contributed by atoms with Crippen molar-refractivity contribution in [3.63, 3.8) is 0 Å². The Morgan fingerprint density at radius 1 is 1.34 bits per heavy atom. The highest BCUT2D eigenvalue weighted by Crippen LogP contribution is 2.39. The second kappa shape index (κ2) is 10.5. The van der Waals surface area contributed by atoms with Gasteiger partial charge in [-0.05, 0) is 0 Å². The molecule has 3 heterocycles. The van der Waals surface area contributed by atoms with Crippen LogP contribution in [0.5, 0.6) is 0 Å². The summed E-state index contributed by atoms with van der Waals surface area (Å²) in [6.45, 7) is 0.722. The summed E-state index contributed by atoms with van der Waals surface area (Å²) in [5, 5.41) is 9.94. The number of aromatic nitrogens is 4. The van der Waals surface area contributed by atoms with Gasteiger partial charge in [-0.15, -0.1) is 6.42 Å². The number of carbonyl (C=O) groups is 3. The summed E-state index contributed by atoms with van der Waals surface area (Å²) in [6, 6.07) is 0. The van der Waals surface area contributed by atoms with Gasteiger partial charge < -0.3 is 34.5 Å². The van der Waals surface area contributed by atoms with E-state index in [0.29, 0.717) is 0 Å². The zero-order valence-electron chi connectivity index (χ0n) is 18.7. The topological polar surface area (TPSA) is 187 Å². The largest absolute Gasteiger partial charge is 0.509 e. The first-order valence-electron chi connectivity index (χ1n) is 10.1. The van der Waals surface area contributed by atoms with Crippen LogP contribution >= 0.6 is 0 Å². The fourth-order valence-electron chi connectivity index (χ4n) is 3.30. The normalized spacial score (nSPS) is 21.5. The Morgan fingerprint density at radius 2 is 2.00 bits per heavy atom. The molecule has 2 aromatic heterocycles. The molecule has 2 aromatic rings. The SMILES string of the molecule is C#C[C@]1(CO)O[C@@H](n2cnc3c(N)nc(F)nc32)C[C@@H]1OC(=O)OC(COC(C)=O)COC(C)=O. The number of fused-ring (bicyclic) bond motifs is 1. The summed E-state index contributed by atoms with van der Waals surface area (Å²) in [4.78, 5) is 45.7. The van der Waals surface area contributed by atoms with Gasteiger partial charge in [0.15, 0.2) is 34.8 Å². The number of esters is 2. The van der Waals surface area contributed by atoms with Crippen LogP contribution < -0.4 is 5.73 Å². The predicted octanol–water partition coefficient (Wildman–Crippen LogP) is -0.153. The maximum absolute atomic E-state index is 13.7. The van der Waals surface area contributed by atoms with Gasteiger partial charge in [0.1, 0.15) is 19.4 Å². The lowest BCUT2D eigenvalue weighted by atomic mass is 9.99. The minimum atomic E-state index is -1.79. The lowest BCUT2D eigenvalue weighted by molar-refractivity contribution is -0.152. The highest BCUT2D eigenvalue weighted by Gasteiger charge is 2.51. The summed E-state index contributed by atoms with van der Waals surface area (Å²) in [7, 11) is 0. The number of hydrogen-bond acceptors (Lipinski definition) is 13. The first-order chi connectivity index (χ1) is 16.6.